The molecule has 31 heavy (non-hydrogen) atoms. The summed E-state index contributed by atoms with van der Waals surface area (Å²) < 4.78 is 18.1. The number of hydrogen-bond donors (Lipinski definition) is 0. The van der Waals surface area contributed by atoms with Gasteiger partial charge in [0, 0.05) is 18.2 Å². The maximum absolute atomic E-state index is 12.9. The number of amides is 1. The minimum absolute atomic E-state index is 0.0162. The molecular weight excluding hydrogens is 391 g/mol. The van der Waals surface area contributed by atoms with Crippen LogP contribution in [0, 0.1) is 0 Å². The number of rotatable bonds is 2. The molecule has 0 spiro atoms. The molecule has 4 rings (SSSR count). The van der Waals surface area contributed by atoms with Crippen LogP contribution >= 0.6 is 0 Å². The zero-order valence-corrected chi connectivity index (χ0v) is 20.1. The molecule has 0 unspecified atom stereocenters. The van der Waals surface area contributed by atoms with Gasteiger partial charge in [0.25, 0.3) is 0 Å². The average Bonchev–Trinajstić information content (AvgIpc) is 3.26. The lowest BCUT2D eigenvalue weighted by Crippen LogP contribution is -2.46. The van der Waals surface area contributed by atoms with Crippen LogP contribution in [0.1, 0.15) is 73.8 Å². The van der Waals surface area contributed by atoms with Crippen LogP contribution in [-0.2, 0) is 20.5 Å². The molecule has 0 radical (unpaired) electrons. The Labute approximate surface area is 186 Å². The molecule has 0 bridgehead atoms. The first kappa shape index (κ1) is 22.3. The molecule has 3 heterocycles. The lowest BCUT2D eigenvalue weighted by molar-refractivity contribution is 0.00578. The summed E-state index contributed by atoms with van der Waals surface area (Å²) in [7, 11) is -0.385. The number of nitrogens with zero attached hydrogens (tertiary/aromatic N) is 2. The van der Waals surface area contributed by atoms with Crippen LogP contribution in [0.3, 0.4) is 0 Å². The second-order valence-electron chi connectivity index (χ2n) is 11.1. The van der Waals surface area contributed by atoms with Crippen LogP contribution in [0.15, 0.2) is 23.2 Å². The Morgan fingerprint density at radius 3 is 2.42 bits per heavy atom. The van der Waals surface area contributed by atoms with E-state index in [0.717, 1.165) is 41.7 Å². The number of carbonyl (C=O) groups is 1. The highest BCUT2D eigenvalue weighted by Crippen LogP contribution is 2.38. The van der Waals surface area contributed by atoms with Crippen LogP contribution in [-0.4, -0.2) is 52.7 Å². The first-order chi connectivity index (χ1) is 14.3. The van der Waals surface area contributed by atoms with Gasteiger partial charge in [-0.05, 0) is 85.3 Å². The molecule has 6 nitrogen and oxygen atoms in total. The average molecular weight is 426 g/mol. The molecular formula is C24H35BN2O4. The van der Waals surface area contributed by atoms with E-state index in [0.29, 0.717) is 0 Å². The van der Waals surface area contributed by atoms with E-state index >= 15 is 0 Å². The monoisotopic (exact) mass is 426 g/mol. The second-order valence-corrected chi connectivity index (χ2v) is 11.1. The predicted octanol–water partition coefficient (Wildman–Crippen LogP) is 4.40. The van der Waals surface area contributed by atoms with E-state index < -0.39 is 5.60 Å². The third-order valence-electron chi connectivity index (χ3n) is 6.92. The van der Waals surface area contributed by atoms with Gasteiger partial charge in [-0.2, -0.15) is 0 Å². The zero-order valence-electron chi connectivity index (χ0n) is 20.1. The van der Waals surface area contributed by atoms with E-state index in [2.05, 4.69) is 40.7 Å². The number of ether oxygens (including phenoxy) is 1. The number of hydrogen-bond acceptors (Lipinski definition) is 5. The largest absolute Gasteiger partial charge is 0.494 e. The molecule has 2 saturated heterocycles. The molecule has 1 amide bonds. The van der Waals surface area contributed by atoms with Gasteiger partial charge in [0.1, 0.15) is 5.60 Å². The number of benzene rings is 1. The van der Waals surface area contributed by atoms with Crippen molar-refractivity contribution in [1.29, 1.82) is 0 Å². The van der Waals surface area contributed by atoms with Gasteiger partial charge in [0.15, 0.2) is 0 Å². The van der Waals surface area contributed by atoms with E-state index in [1.54, 1.807) is 0 Å². The van der Waals surface area contributed by atoms with E-state index in [1.807, 2.05) is 37.8 Å². The van der Waals surface area contributed by atoms with Gasteiger partial charge < -0.3 is 14.0 Å². The van der Waals surface area contributed by atoms with E-state index in [9.17, 15) is 4.79 Å². The molecule has 7 heteroatoms. The van der Waals surface area contributed by atoms with Crippen molar-refractivity contribution in [3.8, 4) is 0 Å². The maximum atomic E-state index is 12.9. The SMILES string of the molecule is C[C@H]1CC[C@@H](C2=Nc3ccc(B4OC(C)(C)C(C)(C)O4)cc3C2)N1C(=O)OC(C)(C)C. The third-order valence-corrected chi connectivity index (χ3v) is 6.92. The van der Waals surface area contributed by atoms with Gasteiger partial charge in [-0.3, -0.25) is 9.89 Å². The summed E-state index contributed by atoms with van der Waals surface area (Å²) in [5.74, 6) is 0. The van der Waals surface area contributed by atoms with E-state index in [1.165, 1.54) is 0 Å². The maximum Gasteiger partial charge on any atom is 0.494 e. The van der Waals surface area contributed by atoms with E-state index in [4.69, 9.17) is 19.0 Å². The van der Waals surface area contributed by atoms with Gasteiger partial charge >= 0.3 is 13.2 Å². The summed E-state index contributed by atoms with van der Waals surface area (Å²) in [6.45, 7) is 16.1. The summed E-state index contributed by atoms with van der Waals surface area (Å²) in [4.78, 5) is 19.7. The summed E-state index contributed by atoms with van der Waals surface area (Å²) in [6, 6.07) is 6.35. The van der Waals surface area contributed by atoms with Gasteiger partial charge in [0.05, 0.1) is 22.9 Å². The fourth-order valence-corrected chi connectivity index (χ4v) is 4.50. The summed E-state index contributed by atoms with van der Waals surface area (Å²) in [5.41, 5.74) is 2.93. The Hall–Kier alpha value is -1.86. The molecule has 3 aliphatic heterocycles. The van der Waals surface area contributed by atoms with Gasteiger partial charge in [-0.15, -0.1) is 0 Å². The first-order valence-corrected chi connectivity index (χ1v) is 11.3. The molecule has 2 fully saturated rings. The molecule has 2 atom stereocenters. The van der Waals surface area contributed by atoms with Gasteiger partial charge in [-0.25, -0.2) is 4.79 Å². The van der Waals surface area contributed by atoms with E-state index in [-0.39, 0.29) is 36.5 Å². The smallest absolute Gasteiger partial charge is 0.444 e. The van der Waals surface area contributed by atoms with Crippen LogP contribution in [0.25, 0.3) is 0 Å². The van der Waals surface area contributed by atoms with Gasteiger partial charge in [-0.1, -0.05) is 12.1 Å². The summed E-state index contributed by atoms with van der Waals surface area (Å²) in [5, 5.41) is 0. The Morgan fingerprint density at radius 1 is 1.16 bits per heavy atom. The molecule has 0 aliphatic carbocycles. The molecule has 3 aliphatic rings. The molecule has 0 saturated carbocycles. The van der Waals surface area contributed by atoms with Crippen LogP contribution in [0.4, 0.5) is 10.5 Å². The number of carbonyl (C=O) groups excluding carboxylic acids is 1. The third kappa shape index (κ3) is 4.14. The number of likely N-dealkylation sites (tertiary alicyclic amines) is 1. The van der Waals surface area contributed by atoms with Crippen LogP contribution in [0.5, 0.6) is 0 Å². The lowest BCUT2D eigenvalue weighted by atomic mass is 9.78. The van der Waals surface area contributed by atoms with Crippen molar-refractivity contribution in [3.05, 3.63) is 23.8 Å². The Bertz CT molecular complexity index is 903. The minimum Gasteiger partial charge on any atom is -0.444 e. The second kappa shape index (κ2) is 7.34. The van der Waals surface area contributed by atoms with Crippen molar-refractivity contribution in [2.45, 2.75) is 104 Å². The molecule has 0 aromatic heterocycles. The van der Waals surface area contributed by atoms with Crippen LogP contribution in [0.2, 0.25) is 0 Å². The Balaban J connectivity index is 1.51. The van der Waals surface area contributed by atoms with Crippen molar-refractivity contribution < 1.29 is 18.8 Å². The van der Waals surface area contributed by atoms with Crippen LogP contribution < -0.4 is 5.46 Å². The normalized spacial score (nSPS) is 26.8. The number of aliphatic imine (C=N–C) groups is 1. The Kier molecular flexibility index (Phi) is 5.29. The quantitative estimate of drug-likeness (QED) is 0.658. The highest BCUT2D eigenvalue weighted by Gasteiger charge is 2.52. The van der Waals surface area contributed by atoms with Crippen molar-refractivity contribution in [3.63, 3.8) is 0 Å². The van der Waals surface area contributed by atoms with Crippen molar-refractivity contribution in [2.75, 3.05) is 0 Å². The fraction of sp³-hybridized carbons (Fsp3) is 0.667. The highest BCUT2D eigenvalue weighted by molar-refractivity contribution is 6.62. The lowest BCUT2D eigenvalue weighted by Gasteiger charge is -2.32. The summed E-state index contributed by atoms with van der Waals surface area (Å²) >= 11 is 0. The summed E-state index contributed by atoms with van der Waals surface area (Å²) in [6.07, 6.45) is 2.36. The highest BCUT2D eigenvalue weighted by atomic mass is 16.7. The molecule has 0 N–H and O–H groups in total. The van der Waals surface area contributed by atoms with Crippen molar-refractivity contribution in [1.82, 2.24) is 4.90 Å². The molecule has 168 valence electrons. The van der Waals surface area contributed by atoms with Gasteiger partial charge in [0.2, 0.25) is 0 Å². The van der Waals surface area contributed by atoms with Crippen molar-refractivity contribution >= 4 is 30.1 Å². The minimum atomic E-state index is -0.512. The Morgan fingerprint density at radius 2 is 1.81 bits per heavy atom. The molecule has 1 aromatic rings. The standard InChI is InChI=1S/C24H35BN2O4/c1-15-9-12-20(27(15)21(28)29-22(2,3)4)19-14-16-13-17(10-11-18(16)26-19)25-30-23(5,6)24(7,8)31-25/h10-11,13,15,20H,9,12,14H2,1-8H3/t15-,20-/m0/s1. The zero-order chi connectivity index (χ0) is 22.8. The molecule has 1 aromatic carbocycles. The topological polar surface area (TPSA) is 60.4 Å². The van der Waals surface area contributed by atoms with Crippen molar-refractivity contribution in [2.24, 2.45) is 4.99 Å². The predicted molar refractivity (Wildman–Crippen MR) is 124 cm³/mol. The fourth-order valence-electron chi connectivity index (χ4n) is 4.50. The first-order valence-electron chi connectivity index (χ1n) is 11.3. The number of fused-ring (bicyclic) bond motifs is 1.